The first kappa shape index (κ1) is 18.1. The van der Waals surface area contributed by atoms with E-state index in [2.05, 4.69) is 15.4 Å². The van der Waals surface area contributed by atoms with Crippen LogP contribution in [-0.4, -0.2) is 25.2 Å². The van der Waals surface area contributed by atoms with Gasteiger partial charge in [-0.25, -0.2) is 9.48 Å². The molecule has 136 valence electrons. The molecule has 8 heteroatoms. The summed E-state index contributed by atoms with van der Waals surface area (Å²) >= 11 is 0. The highest BCUT2D eigenvalue weighted by molar-refractivity contribution is 5.94. The van der Waals surface area contributed by atoms with Crippen molar-refractivity contribution in [1.82, 2.24) is 19.3 Å². The van der Waals surface area contributed by atoms with Crippen LogP contribution in [0.25, 0.3) is 5.69 Å². The Morgan fingerprint density at radius 2 is 1.96 bits per heavy atom. The maximum Gasteiger partial charge on any atom is 0.348 e. The second-order valence-corrected chi connectivity index (χ2v) is 6.12. The average Bonchev–Trinajstić information content (AvgIpc) is 3.04. The van der Waals surface area contributed by atoms with E-state index < -0.39 is 17.6 Å². The standard InChI is InChI=1S/C19H18N6O2/c1-12-9-13(2)24(19(27)22-12)14(3)18(26)23-17-15(10-20)11-21-25(17)16-7-5-4-6-8-16/h4-9,11,14H,1-3H3,(H,23,26). The summed E-state index contributed by atoms with van der Waals surface area (Å²) in [5.41, 5.74) is 1.66. The van der Waals surface area contributed by atoms with Crippen molar-refractivity contribution in [2.75, 3.05) is 5.32 Å². The third kappa shape index (κ3) is 3.48. The summed E-state index contributed by atoms with van der Waals surface area (Å²) in [6.45, 7) is 5.08. The van der Waals surface area contributed by atoms with E-state index in [4.69, 9.17) is 0 Å². The van der Waals surface area contributed by atoms with Crippen molar-refractivity contribution in [3.8, 4) is 11.8 Å². The molecule has 0 fully saturated rings. The predicted octanol–water partition coefficient (Wildman–Crippen LogP) is 2.12. The van der Waals surface area contributed by atoms with E-state index in [1.165, 1.54) is 15.4 Å². The van der Waals surface area contributed by atoms with Crippen LogP contribution in [0, 0.1) is 25.2 Å². The number of carbonyl (C=O) groups excluding carboxylic acids is 1. The van der Waals surface area contributed by atoms with E-state index in [0.29, 0.717) is 17.1 Å². The van der Waals surface area contributed by atoms with Crippen LogP contribution in [-0.2, 0) is 4.79 Å². The number of aromatic nitrogens is 4. The molecule has 0 aliphatic heterocycles. The first-order valence-electron chi connectivity index (χ1n) is 8.33. The lowest BCUT2D eigenvalue weighted by atomic mass is 10.2. The Bertz CT molecular complexity index is 1090. The van der Waals surface area contributed by atoms with E-state index in [1.807, 2.05) is 36.4 Å². The van der Waals surface area contributed by atoms with Gasteiger partial charge in [0.15, 0.2) is 5.82 Å². The third-order valence-electron chi connectivity index (χ3n) is 4.17. The quantitative estimate of drug-likeness (QED) is 0.765. The van der Waals surface area contributed by atoms with E-state index in [0.717, 1.165) is 0 Å². The predicted molar refractivity (Wildman–Crippen MR) is 99.6 cm³/mol. The lowest BCUT2D eigenvalue weighted by Gasteiger charge is -2.18. The minimum absolute atomic E-state index is 0.227. The van der Waals surface area contributed by atoms with Crippen LogP contribution in [0.4, 0.5) is 5.82 Å². The number of hydrogen-bond acceptors (Lipinski definition) is 5. The zero-order valence-electron chi connectivity index (χ0n) is 15.2. The molecule has 3 aromatic rings. The molecule has 1 aromatic carbocycles. The van der Waals surface area contributed by atoms with Crippen molar-refractivity contribution < 1.29 is 4.79 Å². The van der Waals surface area contributed by atoms with Gasteiger partial charge >= 0.3 is 5.69 Å². The van der Waals surface area contributed by atoms with Crippen LogP contribution in [0.5, 0.6) is 0 Å². The molecule has 0 radical (unpaired) electrons. The maximum absolute atomic E-state index is 12.8. The molecule has 27 heavy (non-hydrogen) atoms. The van der Waals surface area contributed by atoms with Gasteiger partial charge in [0, 0.05) is 11.4 Å². The molecular formula is C19H18N6O2. The normalized spacial score (nSPS) is 11.6. The number of nitrogens with one attached hydrogen (secondary N) is 1. The van der Waals surface area contributed by atoms with Crippen LogP contribution in [0.3, 0.4) is 0 Å². The zero-order valence-corrected chi connectivity index (χ0v) is 15.2. The monoisotopic (exact) mass is 362 g/mol. The van der Waals surface area contributed by atoms with E-state index in [9.17, 15) is 14.9 Å². The van der Waals surface area contributed by atoms with Gasteiger partial charge in [0.1, 0.15) is 17.7 Å². The molecule has 8 nitrogen and oxygen atoms in total. The number of nitrogens with zero attached hydrogens (tertiary/aromatic N) is 5. The summed E-state index contributed by atoms with van der Waals surface area (Å²) in [5.74, 6) is -0.189. The molecular weight excluding hydrogens is 344 g/mol. The van der Waals surface area contributed by atoms with Gasteiger partial charge in [0.2, 0.25) is 5.91 Å². The minimum Gasteiger partial charge on any atom is -0.308 e. The number of benzene rings is 1. The fraction of sp³-hybridized carbons (Fsp3) is 0.211. The summed E-state index contributed by atoms with van der Waals surface area (Å²) in [7, 11) is 0. The SMILES string of the molecule is Cc1cc(C)n(C(C)C(=O)Nc2c(C#N)cnn2-c2ccccc2)c(=O)n1. The Morgan fingerprint density at radius 1 is 1.26 bits per heavy atom. The smallest absolute Gasteiger partial charge is 0.308 e. The number of para-hydroxylation sites is 1. The van der Waals surface area contributed by atoms with Gasteiger partial charge in [-0.05, 0) is 39.0 Å². The number of carbonyl (C=O) groups is 1. The number of rotatable bonds is 4. The largest absolute Gasteiger partial charge is 0.348 e. The highest BCUT2D eigenvalue weighted by Gasteiger charge is 2.22. The van der Waals surface area contributed by atoms with Crippen molar-refractivity contribution in [2.24, 2.45) is 0 Å². The van der Waals surface area contributed by atoms with Crippen LogP contribution in [0.1, 0.15) is 29.9 Å². The van der Waals surface area contributed by atoms with Crippen LogP contribution in [0.2, 0.25) is 0 Å². The fourth-order valence-corrected chi connectivity index (χ4v) is 2.88. The molecule has 3 rings (SSSR count). The first-order valence-corrected chi connectivity index (χ1v) is 8.33. The van der Waals surface area contributed by atoms with Crippen molar-refractivity contribution in [3.63, 3.8) is 0 Å². The average molecular weight is 362 g/mol. The summed E-state index contributed by atoms with van der Waals surface area (Å²) in [5, 5.41) is 16.3. The van der Waals surface area contributed by atoms with Gasteiger partial charge in [-0.2, -0.15) is 15.3 Å². The van der Waals surface area contributed by atoms with Crippen LogP contribution >= 0.6 is 0 Å². The lowest BCUT2D eigenvalue weighted by molar-refractivity contribution is -0.119. The number of anilines is 1. The topological polar surface area (TPSA) is 106 Å². The van der Waals surface area contributed by atoms with Gasteiger partial charge in [-0.3, -0.25) is 9.36 Å². The van der Waals surface area contributed by atoms with E-state index >= 15 is 0 Å². The fourth-order valence-electron chi connectivity index (χ4n) is 2.88. The first-order chi connectivity index (χ1) is 12.9. The molecule has 2 heterocycles. The Balaban J connectivity index is 1.97. The zero-order chi connectivity index (χ0) is 19.6. The van der Waals surface area contributed by atoms with Crippen molar-refractivity contribution in [2.45, 2.75) is 26.8 Å². The lowest BCUT2D eigenvalue weighted by Crippen LogP contribution is -2.35. The highest BCUT2D eigenvalue weighted by atomic mass is 16.2. The second-order valence-electron chi connectivity index (χ2n) is 6.12. The number of amides is 1. The molecule has 1 N–H and O–H groups in total. The molecule has 0 bridgehead atoms. The number of hydrogen-bond donors (Lipinski definition) is 1. The van der Waals surface area contributed by atoms with Crippen LogP contribution < -0.4 is 11.0 Å². The molecule has 0 aliphatic rings. The van der Waals surface area contributed by atoms with Gasteiger partial charge in [-0.1, -0.05) is 18.2 Å². The second kappa shape index (κ2) is 7.25. The maximum atomic E-state index is 12.8. The Kier molecular flexibility index (Phi) is 4.86. The minimum atomic E-state index is -0.809. The van der Waals surface area contributed by atoms with Crippen molar-refractivity contribution in [1.29, 1.82) is 5.26 Å². The molecule has 2 aromatic heterocycles. The van der Waals surface area contributed by atoms with Crippen LogP contribution in [0.15, 0.2) is 47.4 Å². The number of nitriles is 1. The van der Waals surface area contributed by atoms with E-state index in [-0.39, 0.29) is 11.4 Å². The summed E-state index contributed by atoms with van der Waals surface area (Å²) in [6.07, 6.45) is 1.39. The summed E-state index contributed by atoms with van der Waals surface area (Å²) in [6, 6.07) is 12.1. The molecule has 1 atom stereocenters. The van der Waals surface area contributed by atoms with Gasteiger partial charge in [0.05, 0.1) is 11.9 Å². The van der Waals surface area contributed by atoms with E-state index in [1.54, 1.807) is 26.8 Å². The molecule has 1 unspecified atom stereocenters. The summed E-state index contributed by atoms with van der Waals surface area (Å²) in [4.78, 5) is 28.9. The summed E-state index contributed by atoms with van der Waals surface area (Å²) < 4.78 is 2.80. The Labute approximate surface area is 155 Å². The number of aryl methyl sites for hydroxylation is 2. The van der Waals surface area contributed by atoms with Gasteiger partial charge in [-0.15, -0.1) is 0 Å². The van der Waals surface area contributed by atoms with Gasteiger partial charge < -0.3 is 5.32 Å². The molecule has 0 saturated heterocycles. The van der Waals surface area contributed by atoms with Crippen molar-refractivity contribution in [3.05, 3.63) is 70.0 Å². The Morgan fingerprint density at radius 3 is 2.59 bits per heavy atom. The molecule has 0 spiro atoms. The molecule has 1 amide bonds. The molecule has 0 saturated carbocycles. The third-order valence-corrected chi connectivity index (χ3v) is 4.17. The van der Waals surface area contributed by atoms with Gasteiger partial charge in [0.25, 0.3) is 0 Å². The Hall–Kier alpha value is -3.73. The highest BCUT2D eigenvalue weighted by Crippen LogP contribution is 2.21. The molecule has 0 aliphatic carbocycles. The van der Waals surface area contributed by atoms with Crippen molar-refractivity contribution >= 4 is 11.7 Å².